The first-order chi connectivity index (χ1) is 13.0. The lowest BCUT2D eigenvalue weighted by Gasteiger charge is -2.21. The van der Waals surface area contributed by atoms with Crippen molar-refractivity contribution >= 4 is 27.8 Å². The summed E-state index contributed by atoms with van der Waals surface area (Å²) in [6.45, 7) is 5.83. The maximum Gasteiger partial charge on any atom is 0.260 e. The standard InChI is InChI=1S/C20H24FN3O3S/c1-20(2,3)16-10-8-15(9-11-16)13-22-23-19(25)14-24(28(4,26)27)18-7-5-6-17(21)12-18/h5-13H,14H2,1-4H3,(H,23,25)/b22-13-. The summed E-state index contributed by atoms with van der Waals surface area (Å²) in [6, 6.07) is 12.8. The number of sulfonamides is 1. The molecule has 8 heteroatoms. The molecule has 0 heterocycles. The van der Waals surface area contributed by atoms with E-state index in [9.17, 15) is 17.6 Å². The van der Waals surface area contributed by atoms with E-state index in [4.69, 9.17) is 0 Å². The van der Waals surface area contributed by atoms with Gasteiger partial charge in [-0.3, -0.25) is 9.10 Å². The van der Waals surface area contributed by atoms with Crippen LogP contribution in [0.15, 0.2) is 53.6 Å². The molecule has 2 rings (SSSR count). The van der Waals surface area contributed by atoms with E-state index < -0.39 is 28.3 Å². The van der Waals surface area contributed by atoms with E-state index in [1.165, 1.54) is 30.0 Å². The molecule has 28 heavy (non-hydrogen) atoms. The molecule has 6 nitrogen and oxygen atoms in total. The Morgan fingerprint density at radius 2 is 1.82 bits per heavy atom. The fourth-order valence-corrected chi connectivity index (χ4v) is 3.29. The van der Waals surface area contributed by atoms with Crippen molar-refractivity contribution in [3.8, 4) is 0 Å². The van der Waals surface area contributed by atoms with Gasteiger partial charge in [0.1, 0.15) is 12.4 Å². The number of benzene rings is 2. The van der Waals surface area contributed by atoms with Crippen molar-refractivity contribution in [2.24, 2.45) is 5.10 Å². The molecule has 0 aliphatic carbocycles. The van der Waals surface area contributed by atoms with Crippen LogP contribution >= 0.6 is 0 Å². The Hall–Kier alpha value is -2.74. The number of hydrazone groups is 1. The van der Waals surface area contributed by atoms with Gasteiger partial charge >= 0.3 is 0 Å². The van der Waals surface area contributed by atoms with Crippen LogP contribution in [-0.2, 0) is 20.2 Å². The maximum absolute atomic E-state index is 13.4. The zero-order valence-corrected chi connectivity index (χ0v) is 17.1. The van der Waals surface area contributed by atoms with Crippen LogP contribution in [0.3, 0.4) is 0 Å². The number of carbonyl (C=O) groups excluding carboxylic acids is 1. The van der Waals surface area contributed by atoms with Gasteiger partial charge in [-0.15, -0.1) is 0 Å². The molecule has 0 fully saturated rings. The van der Waals surface area contributed by atoms with Gasteiger partial charge in [-0.05, 0) is 34.7 Å². The molecule has 0 aliphatic rings. The summed E-state index contributed by atoms with van der Waals surface area (Å²) in [7, 11) is -3.77. The molecule has 0 aliphatic heterocycles. The Balaban J connectivity index is 2.04. The van der Waals surface area contributed by atoms with Crippen LogP contribution in [-0.4, -0.2) is 33.3 Å². The second kappa shape index (κ2) is 8.52. The minimum Gasteiger partial charge on any atom is -0.271 e. The summed E-state index contributed by atoms with van der Waals surface area (Å²) in [4.78, 5) is 12.1. The Morgan fingerprint density at radius 3 is 2.36 bits per heavy atom. The monoisotopic (exact) mass is 405 g/mol. The highest BCUT2D eigenvalue weighted by Gasteiger charge is 2.21. The van der Waals surface area contributed by atoms with E-state index in [-0.39, 0.29) is 11.1 Å². The molecule has 0 saturated carbocycles. The van der Waals surface area contributed by atoms with Crippen molar-refractivity contribution in [2.45, 2.75) is 26.2 Å². The number of rotatable bonds is 6. The van der Waals surface area contributed by atoms with Crippen molar-refractivity contribution < 1.29 is 17.6 Å². The number of anilines is 1. The predicted molar refractivity (Wildman–Crippen MR) is 109 cm³/mol. The van der Waals surface area contributed by atoms with Crippen molar-refractivity contribution in [3.63, 3.8) is 0 Å². The van der Waals surface area contributed by atoms with E-state index in [0.717, 1.165) is 22.2 Å². The number of hydrogen-bond acceptors (Lipinski definition) is 4. The molecule has 0 unspecified atom stereocenters. The van der Waals surface area contributed by atoms with Crippen LogP contribution in [0.1, 0.15) is 31.9 Å². The normalized spacial score (nSPS) is 12.2. The first-order valence-electron chi connectivity index (χ1n) is 8.62. The predicted octanol–water partition coefficient (Wildman–Crippen LogP) is 3.04. The molecule has 2 aromatic carbocycles. The first-order valence-corrected chi connectivity index (χ1v) is 10.5. The topological polar surface area (TPSA) is 78.8 Å². The molecule has 2 aromatic rings. The minimum absolute atomic E-state index is 0.0376. The quantitative estimate of drug-likeness (QED) is 0.593. The summed E-state index contributed by atoms with van der Waals surface area (Å²) in [5.41, 5.74) is 4.36. The number of nitrogens with one attached hydrogen (secondary N) is 1. The molecule has 0 spiro atoms. The van der Waals surface area contributed by atoms with Crippen molar-refractivity contribution in [1.82, 2.24) is 5.43 Å². The van der Waals surface area contributed by atoms with Crippen molar-refractivity contribution in [2.75, 3.05) is 17.1 Å². The Labute approximate surface area is 165 Å². The maximum atomic E-state index is 13.4. The smallest absolute Gasteiger partial charge is 0.260 e. The molecular formula is C20H24FN3O3S. The van der Waals surface area contributed by atoms with Gasteiger partial charge in [0.25, 0.3) is 5.91 Å². The third-order valence-corrected chi connectivity index (χ3v) is 5.10. The van der Waals surface area contributed by atoms with Gasteiger partial charge in [0.15, 0.2) is 0 Å². The Bertz CT molecular complexity index is 965. The van der Waals surface area contributed by atoms with E-state index in [0.29, 0.717) is 0 Å². The molecule has 0 radical (unpaired) electrons. The van der Waals surface area contributed by atoms with Gasteiger partial charge in [-0.1, -0.05) is 51.1 Å². The zero-order valence-electron chi connectivity index (χ0n) is 16.3. The lowest BCUT2D eigenvalue weighted by Crippen LogP contribution is -2.39. The van der Waals surface area contributed by atoms with Crippen LogP contribution < -0.4 is 9.73 Å². The lowest BCUT2D eigenvalue weighted by atomic mass is 9.87. The van der Waals surface area contributed by atoms with E-state index in [1.807, 2.05) is 24.3 Å². The highest BCUT2D eigenvalue weighted by molar-refractivity contribution is 7.92. The summed E-state index contributed by atoms with van der Waals surface area (Å²) in [5, 5.41) is 3.86. The van der Waals surface area contributed by atoms with Crippen molar-refractivity contribution in [1.29, 1.82) is 0 Å². The number of carbonyl (C=O) groups is 1. The molecule has 0 aromatic heterocycles. The molecule has 150 valence electrons. The molecule has 1 N–H and O–H groups in total. The molecule has 0 saturated heterocycles. The lowest BCUT2D eigenvalue weighted by molar-refractivity contribution is -0.119. The third-order valence-electron chi connectivity index (χ3n) is 3.96. The largest absolute Gasteiger partial charge is 0.271 e. The van der Waals surface area contributed by atoms with Crippen LogP contribution in [0.2, 0.25) is 0 Å². The minimum atomic E-state index is -3.77. The van der Waals surface area contributed by atoms with Crippen LogP contribution in [0, 0.1) is 5.82 Å². The van der Waals surface area contributed by atoms with Gasteiger partial charge in [-0.2, -0.15) is 5.10 Å². The van der Waals surface area contributed by atoms with Crippen LogP contribution in [0.5, 0.6) is 0 Å². The van der Waals surface area contributed by atoms with Gasteiger partial charge in [-0.25, -0.2) is 18.2 Å². The van der Waals surface area contributed by atoms with Crippen LogP contribution in [0.4, 0.5) is 10.1 Å². The summed E-state index contributed by atoms with van der Waals surface area (Å²) in [5.74, 6) is -1.24. The highest BCUT2D eigenvalue weighted by Crippen LogP contribution is 2.22. The molecule has 1 amide bonds. The summed E-state index contributed by atoms with van der Waals surface area (Å²) in [6.07, 6.45) is 2.42. The van der Waals surface area contributed by atoms with E-state index in [2.05, 4.69) is 31.3 Å². The fraction of sp³-hybridized carbons (Fsp3) is 0.300. The van der Waals surface area contributed by atoms with Gasteiger partial charge in [0, 0.05) is 0 Å². The molecular weight excluding hydrogens is 381 g/mol. The fourth-order valence-electron chi connectivity index (χ4n) is 2.45. The number of hydrogen-bond donors (Lipinski definition) is 1. The van der Waals surface area contributed by atoms with E-state index in [1.54, 1.807) is 0 Å². The Kier molecular flexibility index (Phi) is 6.56. The summed E-state index contributed by atoms with van der Waals surface area (Å²) < 4.78 is 38.2. The first kappa shape index (κ1) is 21.6. The van der Waals surface area contributed by atoms with Gasteiger partial charge < -0.3 is 0 Å². The number of amides is 1. The molecule has 0 bridgehead atoms. The van der Waals surface area contributed by atoms with Gasteiger partial charge in [0.2, 0.25) is 10.0 Å². The zero-order chi connectivity index (χ0) is 20.9. The third kappa shape index (κ3) is 6.16. The van der Waals surface area contributed by atoms with Gasteiger partial charge in [0.05, 0.1) is 18.2 Å². The second-order valence-corrected chi connectivity index (χ2v) is 9.32. The average Bonchev–Trinajstić information content (AvgIpc) is 2.58. The SMILES string of the molecule is CC(C)(C)c1ccc(/C=N\NC(=O)CN(c2cccc(F)c2)S(C)(=O)=O)cc1. The number of halogens is 1. The average molecular weight is 405 g/mol. The number of nitrogens with zero attached hydrogens (tertiary/aromatic N) is 2. The van der Waals surface area contributed by atoms with E-state index >= 15 is 0 Å². The summed E-state index contributed by atoms with van der Waals surface area (Å²) >= 11 is 0. The molecule has 0 atom stereocenters. The van der Waals surface area contributed by atoms with Crippen molar-refractivity contribution in [3.05, 3.63) is 65.5 Å². The highest BCUT2D eigenvalue weighted by atomic mass is 32.2. The second-order valence-electron chi connectivity index (χ2n) is 7.41. The van der Waals surface area contributed by atoms with Crippen LogP contribution in [0.25, 0.3) is 0 Å². The Morgan fingerprint density at radius 1 is 1.18 bits per heavy atom.